The highest BCUT2D eigenvalue weighted by molar-refractivity contribution is 5.45. The smallest absolute Gasteiger partial charge is 0.310 e. The fraction of sp³-hybridized carbons (Fsp3) is 0.647. The van der Waals surface area contributed by atoms with Crippen molar-refractivity contribution in [2.45, 2.75) is 31.4 Å². The number of aliphatic hydroxyl groups excluding tert-OH is 1. The molecule has 2 fully saturated rings. The maximum Gasteiger partial charge on any atom is 0.310 e. The van der Waals surface area contributed by atoms with Gasteiger partial charge in [-0.2, -0.15) is 0 Å². The van der Waals surface area contributed by atoms with Gasteiger partial charge in [0, 0.05) is 38.3 Å². The summed E-state index contributed by atoms with van der Waals surface area (Å²) in [6, 6.07) is 6.87. The van der Waals surface area contributed by atoms with E-state index >= 15 is 0 Å². The molecule has 1 N–H and O–H groups in total. The predicted octanol–water partition coefficient (Wildman–Crippen LogP) is 1.50. The third-order valence-corrected chi connectivity index (χ3v) is 4.88. The predicted molar refractivity (Wildman–Crippen MR) is 90.3 cm³/mol. The SMILES string of the molecule is O=[N+]([O-])c1ccccc1OCC(O)CN1CCN2CCCCC2C1. The standard InChI is InChI=1S/C17H25N3O4/c21-15(13-24-17-7-2-1-6-16(17)20(22)23)12-18-9-10-19-8-4-3-5-14(19)11-18/h1-2,6-7,14-15,21H,3-5,8-13H2. The fourth-order valence-electron chi connectivity index (χ4n) is 3.65. The Morgan fingerprint density at radius 1 is 1.29 bits per heavy atom. The molecule has 2 atom stereocenters. The maximum atomic E-state index is 11.0. The molecular weight excluding hydrogens is 310 g/mol. The van der Waals surface area contributed by atoms with Crippen LogP contribution < -0.4 is 4.74 Å². The number of rotatable bonds is 6. The summed E-state index contributed by atoms with van der Waals surface area (Å²) >= 11 is 0. The molecule has 2 aliphatic heterocycles. The average Bonchev–Trinajstić information content (AvgIpc) is 2.60. The van der Waals surface area contributed by atoms with Crippen LogP contribution in [0.3, 0.4) is 0 Å². The number of fused-ring (bicyclic) bond motifs is 1. The zero-order valence-corrected chi connectivity index (χ0v) is 13.8. The van der Waals surface area contributed by atoms with Crippen molar-refractivity contribution in [2.24, 2.45) is 0 Å². The Kier molecular flexibility index (Phi) is 5.65. The van der Waals surface area contributed by atoms with Gasteiger partial charge in [0.25, 0.3) is 0 Å². The molecule has 2 aliphatic rings. The van der Waals surface area contributed by atoms with E-state index in [1.54, 1.807) is 18.2 Å². The molecule has 2 unspecified atom stereocenters. The summed E-state index contributed by atoms with van der Waals surface area (Å²) in [5.74, 6) is 0.207. The summed E-state index contributed by atoms with van der Waals surface area (Å²) < 4.78 is 5.48. The van der Waals surface area contributed by atoms with Gasteiger partial charge in [-0.3, -0.25) is 19.9 Å². The molecular formula is C17H25N3O4. The Morgan fingerprint density at radius 2 is 2.12 bits per heavy atom. The summed E-state index contributed by atoms with van der Waals surface area (Å²) in [4.78, 5) is 15.3. The van der Waals surface area contributed by atoms with E-state index in [9.17, 15) is 15.2 Å². The lowest BCUT2D eigenvalue weighted by atomic mass is 9.99. The summed E-state index contributed by atoms with van der Waals surface area (Å²) in [5.41, 5.74) is -0.0690. The molecule has 0 radical (unpaired) electrons. The van der Waals surface area contributed by atoms with Crippen molar-refractivity contribution in [3.63, 3.8) is 0 Å². The lowest BCUT2D eigenvalue weighted by Crippen LogP contribution is -2.56. The molecule has 3 rings (SSSR count). The Morgan fingerprint density at radius 3 is 2.96 bits per heavy atom. The minimum atomic E-state index is -0.653. The number of β-amino-alcohol motifs (C(OH)–C–C–N with tert-alkyl or cyclic N) is 1. The maximum absolute atomic E-state index is 11.0. The van der Waals surface area contributed by atoms with E-state index in [0.29, 0.717) is 12.6 Å². The molecule has 24 heavy (non-hydrogen) atoms. The molecule has 0 amide bonds. The van der Waals surface area contributed by atoms with Crippen molar-refractivity contribution in [2.75, 3.05) is 39.3 Å². The number of piperazine rings is 1. The van der Waals surface area contributed by atoms with Gasteiger partial charge in [-0.15, -0.1) is 0 Å². The van der Waals surface area contributed by atoms with Crippen LogP contribution in [0.5, 0.6) is 5.75 Å². The van der Waals surface area contributed by atoms with Crippen LogP contribution in [-0.4, -0.2) is 71.3 Å². The summed E-state index contributed by atoms with van der Waals surface area (Å²) in [6.07, 6.45) is 3.17. The van der Waals surface area contributed by atoms with E-state index in [0.717, 1.165) is 19.6 Å². The number of hydrogen-bond acceptors (Lipinski definition) is 6. The third-order valence-electron chi connectivity index (χ3n) is 4.88. The zero-order valence-electron chi connectivity index (χ0n) is 13.8. The Bertz CT molecular complexity index is 569. The number of hydrogen-bond donors (Lipinski definition) is 1. The molecule has 0 aromatic heterocycles. The third kappa shape index (κ3) is 4.23. The van der Waals surface area contributed by atoms with E-state index in [1.807, 2.05) is 0 Å². The number of nitro benzene ring substituents is 1. The second-order valence-electron chi connectivity index (χ2n) is 6.63. The summed E-state index contributed by atoms with van der Waals surface area (Å²) in [5, 5.41) is 21.2. The first kappa shape index (κ1) is 17.1. The van der Waals surface area contributed by atoms with Gasteiger partial charge in [0.2, 0.25) is 0 Å². The minimum Gasteiger partial charge on any atom is -0.484 e. The monoisotopic (exact) mass is 335 g/mol. The van der Waals surface area contributed by atoms with Gasteiger partial charge in [0.05, 0.1) is 4.92 Å². The zero-order chi connectivity index (χ0) is 16.9. The van der Waals surface area contributed by atoms with E-state index in [2.05, 4.69) is 9.80 Å². The van der Waals surface area contributed by atoms with E-state index in [-0.39, 0.29) is 18.0 Å². The van der Waals surface area contributed by atoms with Crippen molar-refractivity contribution >= 4 is 5.69 Å². The molecule has 2 heterocycles. The molecule has 132 valence electrons. The van der Waals surface area contributed by atoms with Crippen molar-refractivity contribution in [1.82, 2.24) is 9.80 Å². The van der Waals surface area contributed by atoms with Crippen LogP contribution in [0.15, 0.2) is 24.3 Å². The van der Waals surface area contributed by atoms with Crippen LogP contribution in [0.2, 0.25) is 0 Å². The van der Waals surface area contributed by atoms with Gasteiger partial charge in [-0.05, 0) is 25.5 Å². The minimum absolute atomic E-state index is 0.0652. The second-order valence-corrected chi connectivity index (χ2v) is 6.63. The number of para-hydroxylation sites is 2. The largest absolute Gasteiger partial charge is 0.484 e. The normalized spacial score (nSPS) is 23.5. The van der Waals surface area contributed by atoms with E-state index in [1.165, 1.54) is 31.9 Å². The van der Waals surface area contributed by atoms with Crippen molar-refractivity contribution in [3.05, 3.63) is 34.4 Å². The first-order valence-electron chi connectivity index (χ1n) is 8.64. The topological polar surface area (TPSA) is 79.1 Å². The quantitative estimate of drug-likeness (QED) is 0.627. The van der Waals surface area contributed by atoms with Crippen LogP contribution in [-0.2, 0) is 0 Å². The summed E-state index contributed by atoms with van der Waals surface area (Å²) in [6.45, 7) is 4.81. The number of aliphatic hydroxyl groups is 1. The van der Waals surface area contributed by atoms with Gasteiger partial charge in [0.1, 0.15) is 12.7 Å². The number of nitrogens with zero attached hydrogens (tertiary/aromatic N) is 3. The number of piperidine rings is 1. The Hall–Kier alpha value is -1.70. The number of benzene rings is 1. The molecule has 7 nitrogen and oxygen atoms in total. The molecule has 0 spiro atoms. The van der Waals surface area contributed by atoms with E-state index in [4.69, 9.17) is 4.74 Å². The molecule has 0 bridgehead atoms. The molecule has 0 aliphatic carbocycles. The number of ether oxygens (including phenoxy) is 1. The molecule has 1 aromatic carbocycles. The van der Waals surface area contributed by atoms with Gasteiger partial charge in [-0.1, -0.05) is 18.6 Å². The van der Waals surface area contributed by atoms with Gasteiger partial charge >= 0.3 is 5.69 Å². The molecule has 0 saturated carbocycles. The lowest BCUT2D eigenvalue weighted by molar-refractivity contribution is -0.385. The van der Waals surface area contributed by atoms with Gasteiger partial charge < -0.3 is 9.84 Å². The second kappa shape index (κ2) is 7.92. The van der Waals surface area contributed by atoms with Crippen LogP contribution in [0.25, 0.3) is 0 Å². The lowest BCUT2D eigenvalue weighted by Gasteiger charge is -2.44. The average molecular weight is 335 g/mol. The van der Waals surface area contributed by atoms with Crippen molar-refractivity contribution in [3.8, 4) is 5.75 Å². The fourth-order valence-corrected chi connectivity index (χ4v) is 3.65. The first-order valence-corrected chi connectivity index (χ1v) is 8.64. The Labute approximate surface area is 142 Å². The highest BCUT2D eigenvalue weighted by atomic mass is 16.6. The van der Waals surface area contributed by atoms with Gasteiger partial charge in [0.15, 0.2) is 5.75 Å². The van der Waals surface area contributed by atoms with Crippen LogP contribution in [0, 0.1) is 10.1 Å². The molecule has 7 heteroatoms. The summed E-state index contributed by atoms with van der Waals surface area (Å²) in [7, 11) is 0. The highest BCUT2D eigenvalue weighted by Crippen LogP contribution is 2.26. The Balaban J connectivity index is 1.48. The molecule has 1 aromatic rings. The molecule has 2 saturated heterocycles. The highest BCUT2D eigenvalue weighted by Gasteiger charge is 2.29. The number of nitro groups is 1. The first-order chi connectivity index (χ1) is 11.6. The van der Waals surface area contributed by atoms with Crippen molar-refractivity contribution < 1.29 is 14.8 Å². The van der Waals surface area contributed by atoms with Crippen LogP contribution in [0.1, 0.15) is 19.3 Å². The van der Waals surface area contributed by atoms with Gasteiger partial charge in [-0.25, -0.2) is 0 Å². The van der Waals surface area contributed by atoms with E-state index < -0.39 is 11.0 Å². The van der Waals surface area contributed by atoms with Crippen LogP contribution in [0.4, 0.5) is 5.69 Å². The van der Waals surface area contributed by atoms with Crippen molar-refractivity contribution in [1.29, 1.82) is 0 Å². The van der Waals surface area contributed by atoms with Crippen LogP contribution >= 0.6 is 0 Å².